The van der Waals surface area contributed by atoms with Gasteiger partial charge in [0.2, 0.25) is 0 Å². The minimum Gasteiger partial charge on any atom is -0.423 e. The number of piperazine rings is 1. The monoisotopic (exact) mass is 637 g/mol. The summed E-state index contributed by atoms with van der Waals surface area (Å²) in [4.78, 5) is 29.9. The van der Waals surface area contributed by atoms with E-state index in [1.54, 1.807) is 48.3 Å². The molecule has 2 aliphatic heterocycles. The van der Waals surface area contributed by atoms with Crippen LogP contribution < -0.4 is 20.0 Å². The molecule has 238 valence electrons. The SMILES string of the molecule is CN(c1ccc(S(=O)(=O)NC(=O)c2ccc(N3CCN(Cc4ccccc4B(O)O)CC3)cc2)cc1[N+](=O)[O-])C1CCOCC1. The second-order valence-corrected chi connectivity index (χ2v) is 12.9. The predicted molar refractivity (Wildman–Crippen MR) is 170 cm³/mol. The summed E-state index contributed by atoms with van der Waals surface area (Å²) in [6, 6.07) is 17.5. The maximum absolute atomic E-state index is 13.1. The van der Waals surface area contributed by atoms with Crippen LogP contribution in [0.25, 0.3) is 0 Å². The number of carbonyl (C=O) groups excluding carboxylic acids is 1. The number of nitro benzene ring substituents is 1. The molecular weight excluding hydrogens is 601 g/mol. The molecule has 2 saturated heterocycles. The zero-order valence-electron chi connectivity index (χ0n) is 24.9. The van der Waals surface area contributed by atoms with Crippen LogP contribution >= 0.6 is 0 Å². The maximum Gasteiger partial charge on any atom is 0.488 e. The first-order valence-electron chi connectivity index (χ1n) is 14.7. The van der Waals surface area contributed by atoms with E-state index in [1.165, 1.54) is 12.1 Å². The first-order valence-corrected chi connectivity index (χ1v) is 16.2. The van der Waals surface area contributed by atoms with E-state index in [-0.39, 0.29) is 22.2 Å². The summed E-state index contributed by atoms with van der Waals surface area (Å²) in [5, 5.41) is 31.2. The lowest BCUT2D eigenvalue weighted by Crippen LogP contribution is -2.47. The van der Waals surface area contributed by atoms with Gasteiger partial charge in [0.05, 0.1) is 9.82 Å². The molecule has 0 aromatic heterocycles. The minimum atomic E-state index is -4.39. The van der Waals surface area contributed by atoms with Gasteiger partial charge in [-0.3, -0.25) is 19.8 Å². The van der Waals surface area contributed by atoms with E-state index in [0.717, 1.165) is 30.4 Å². The number of amides is 1. The van der Waals surface area contributed by atoms with Gasteiger partial charge in [0.1, 0.15) is 5.69 Å². The predicted octanol–water partition coefficient (Wildman–Crippen LogP) is 1.33. The van der Waals surface area contributed by atoms with Gasteiger partial charge in [-0.05, 0) is 60.3 Å². The molecule has 3 N–H and O–H groups in total. The molecule has 0 aliphatic carbocycles. The van der Waals surface area contributed by atoms with Crippen molar-refractivity contribution in [2.45, 2.75) is 30.3 Å². The van der Waals surface area contributed by atoms with E-state index in [9.17, 15) is 33.4 Å². The van der Waals surface area contributed by atoms with Crippen LogP contribution in [0, 0.1) is 10.1 Å². The largest absolute Gasteiger partial charge is 0.488 e. The highest BCUT2D eigenvalue weighted by Gasteiger charge is 2.28. The van der Waals surface area contributed by atoms with Crippen molar-refractivity contribution in [1.82, 2.24) is 9.62 Å². The average molecular weight is 638 g/mol. The molecule has 2 heterocycles. The summed E-state index contributed by atoms with van der Waals surface area (Å²) in [7, 11) is -4.18. The molecule has 0 radical (unpaired) electrons. The lowest BCUT2D eigenvalue weighted by Gasteiger charge is -2.36. The van der Waals surface area contributed by atoms with Crippen molar-refractivity contribution in [2.24, 2.45) is 0 Å². The van der Waals surface area contributed by atoms with Crippen LogP contribution in [0.1, 0.15) is 28.8 Å². The summed E-state index contributed by atoms with van der Waals surface area (Å²) < 4.78 is 33.6. The van der Waals surface area contributed by atoms with E-state index < -0.39 is 28.0 Å². The first-order chi connectivity index (χ1) is 21.5. The number of hydrogen-bond acceptors (Lipinski definition) is 11. The summed E-state index contributed by atoms with van der Waals surface area (Å²) >= 11 is 0. The zero-order chi connectivity index (χ0) is 32.1. The van der Waals surface area contributed by atoms with Crippen molar-refractivity contribution < 1.29 is 32.9 Å². The van der Waals surface area contributed by atoms with Gasteiger partial charge in [-0.2, -0.15) is 0 Å². The number of nitrogens with one attached hydrogen (secondary N) is 1. The zero-order valence-corrected chi connectivity index (χ0v) is 25.7. The molecule has 3 aromatic rings. The molecule has 0 spiro atoms. The molecule has 2 aliphatic rings. The Morgan fingerprint density at radius 2 is 1.71 bits per heavy atom. The van der Waals surface area contributed by atoms with Crippen LogP contribution in [0.15, 0.2) is 71.6 Å². The number of sulfonamides is 1. The number of anilines is 2. The van der Waals surface area contributed by atoms with Crippen molar-refractivity contribution >= 4 is 45.6 Å². The number of benzene rings is 3. The van der Waals surface area contributed by atoms with E-state index in [1.807, 2.05) is 16.9 Å². The van der Waals surface area contributed by atoms with E-state index in [2.05, 4.69) is 9.80 Å². The van der Waals surface area contributed by atoms with Gasteiger partial charge in [0.15, 0.2) is 0 Å². The Hall–Kier alpha value is -4.02. The second-order valence-electron chi connectivity index (χ2n) is 11.2. The van der Waals surface area contributed by atoms with Gasteiger partial charge in [0.25, 0.3) is 21.6 Å². The van der Waals surface area contributed by atoms with Gasteiger partial charge in [0, 0.05) is 76.3 Å². The highest BCUT2D eigenvalue weighted by molar-refractivity contribution is 7.90. The third kappa shape index (κ3) is 7.62. The topological polar surface area (TPSA) is 166 Å². The highest BCUT2D eigenvalue weighted by atomic mass is 32.2. The van der Waals surface area contributed by atoms with Crippen LogP contribution in [0.5, 0.6) is 0 Å². The van der Waals surface area contributed by atoms with Crippen LogP contribution in [0.2, 0.25) is 0 Å². The fraction of sp³-hybridized carbons (Fsp3) is 0.367. The Bertz CT molecular complexity index is 1630. The molecule has 15 heteroatoms. The lowest BCUT2D eigenvalue weighted by molar-refractivity contribution is -0.384. The van der Waals surface area contributed by atoms with E-state index >= 15 is 0 Å². The van der Waals surface area contributed by atoms with Crippen molar-refractivity contribution in [3.8, 4) is 0 Å². The maximum atomic E-state index is 13.1. The van der Waals surface area contributed by atoms with Crippen LogP contribution in [-0.2, 0) is 21.3 Å². The van der Waals surface area contributed by atoms with Crippen molar-refractivity contribution in [1.29, 1.82) is 0 Å². The van der Waals surface area contributed by atoms with Gasteiger partial charge < -0.3 is 24.6 Å². The number of ether oxygens (including phenoxy) is 1. The molecule has 45 heavy (non-hydrogen) atoms. The molecule has 5 rings (SSSR count). The number of rotatable bonds is 10. The van der Waals surface area contributed by atoms with Gasteiger partial charge in [-0.15, -0.1) is 0 Å². The summed E-state index contributed by atoms with van der Waals surface area (Å²) in [5.74, 6) is -0.845. The Morgan fingerprint density at radius 1 is 1.04 bits per heavy atom. The number of nitro groups is 1. The molecular formula is C30H36BN5O8S. The third-order valence-corrected chi connectivity index (χ3v) is 9.72. The lowest BCUT2D eigenvalue weighted by atomic mass is 9.77. The molecule has 3 aromatic carbocycles. The Kier molecular flexibility index (Phi) is 10.0. The van der Waals surface area contributed by atoms with Crippen molar-refractivity contribution in [2.75, 3.05) is 56.2 Å². The Balaban J connectivity index is 1.20. The van der Waals surface area contributed by atoms with Crippen molar-refractivity contribution in [3.05, 3.63) is 88.0 Å². The molecule has 0 atom stereocenters. The van der Waals surface area contributed by atoms with Gasteiger partial charge in [-0.1, -0.05) is 24.3 Å². The molecule has 2 fully saturated rings. The Labute approximate surface area is 262 Å². The highest BCUT2D eigenvalue weighted by Crippen LogP contribution is 2.33. The molecule has 1 amide bonds. The quantitative estimate of drug-likeness (QED) is 0.167. The third-order valence-electron chi connectivity index (χ3n) is 8.39. The van der Waals surface area contributed by atoms with Crippen LogP contribution in [0.3, 0.4) is 0 Å². The minimum absolute atomic E-state index is 0.0239. The smallest absolute Gasteiger partial charge is 0.423 e. The van der Waals surface area contributed by atoms with E-state index in [4.69, 9.17) is 4.74 Å². The fourth-order valence-corrected chi connectivity index (χ4v) is 6.78. The van der Waals surface area contributed by atoms with Crippen LogP contribution in [-0.4, -0.2) is 93.8 Å². The van der Waals surface area contributed by atoms with E-state index in [0.29, 0.717) is 56.8 Å². The summed E-state index contributed by atoms with van der Waals surface area (Å²) in [6.45, 7) is 4.59. The molecule has 0 unspecified atom stereocenters. The molecule has 13 nitrogen and oxygen atoms in total. The second kappa shape index (κ2) is 14.0. The van der Waals surface area contributed by atoms with Gasteiger partial charge >= 0.3 is 7.12 Å². The molecule has 0 bridgehead atoms. The molecule has 0 saturated carbocycles. The number of carbonyl (C=O) groups is 1. The summed E-state index contributed by atoms with van der Waals surface area (Å²) in [5.41, 5.74) is 2.29. The van der Waals surface area contributed by atoms with Crippen molar-refractivity contribution in [3.63, 3.8) is 0 Å². The number of nitrogens with zero attached hydrogens (tertiary/aromatic N) is 4. The normalized spacial score (nSPS) is 16.3. The fourth-order valence-electron chi connectivity index (χ4n) is 5.78. The standard InChI is InChI=1S/C30H36BN5O8S/c1-33(24-12-18-44-19-13-24)28-11-10-26(20-29(28)36(40)41)45(42,43)32-30(37)22-6-8-25(9-7-22)35-16-14-34(15-17-35)21-23-4-2-3-5-27(23)31(38)39/h2-11,20,24,38-39H,12-19,21H2,1H3,(H,32,37). The first kappa shape index (κ1) is 32.4. The average Bonchev–Trinajstić information content (AvgIpc) is 3.05. The van der Waals surface area contributed by atoms with Gasteiger partial charge in [-0.25, -0.2) is 13.1 Å². The summed E-state index contributed by atoms with van der Waals surface area (Å²) in [6.07, 6.45) is 1.40. The van der Waals surface area contributed by atoms with Crippen LogP contribution in [0.4, 0.5) is 17.1 Å². The number of hydrogen-bond donors (Lipinski definition) is 3. The Morgan fingerprint density at radius 3 is 2.36 bits per heavy atom.